The fourth-order valence-corrected chi connectivity index (χ4v) is 3.56. The first-order valence-electron chi connectivity index (χ1n) is 9.45. The van der Waals surface area contributed by atoms with Crippen molar-refractivity contribution in [3.8, 4) is 0 Å². The Balaban J connectivity index is 1.35. The summed E-state index contributed by atoms with van der Waals surface area (Å²) in [7, 11) is 0. The Morgan fingerprint density at radius 3 is 2.68 bits per heavy atom. The molecule has 1 aliphatic heterocycles. The molecule has 146 valence electrons. The number of carbonyl (C=O) groups is 2. The van der Waals surface area contributed by atoms with Crippen molar-refractivity contribution in [3.05, 3.63) is 30.0 Å². The van der Waals surface area contributed by atoms with Gasteiger partial charge in [0.1, 0.15) is 5.92 Å². The SMILES string of the molecule is O=C(Nc1nc2cccc(C3=CCN(C(=O)C4CC4(F)F)CC3)n2n1)C1CC1. The largest absolute Gasteiger partial charge is 0.338 e. The van der Waals surface area contributed by atoms with Gasteiger partial charge in [0.2, 0.25) is 17.8 Å². The lowest BCUT2D eigenvalue weighted by atomic mass is 10.0. The van der Waals surface area contributed by atoms with Gasteiger partial charge in [-0.3, -0.25) is 14.9 Å². The number of alkyl halides is 2. The van der Waals surface area contributed by atoms with Gasteiger partial charge >= 0.3 is 0 Å². The second kappa shape index (κ2) is 6.08. The van der Waals surface area contributed by atoms with Crippen LogP contribution in [0.5, 0.6) is 0 Å². The van der Waals surface area contributed by atoms with Crippen molar-refractivity contribution < 1.29 is 18.4 Å². The van der Waals surface area contributed by atoms with Crippen molar-refractivity contribution in [2.75, 3.05) is 18.4 Å². The highest BCUT2D eigenvalue weighted by Crippen LogP contribution is 2.49. The molecule has 28 heavy (non-hydrogen) atoms. The number of hydrogen-bond donors (Lipinski definition) is 1. The maximum absolute atomic E-state index is 13.2. The van der Waals surface area contributed by atoms with Crippen LogP contribution >= 0.6 is 0 Å². The predicted molar refractivity (Wildman–Crippen MR) is 96.6 cm³/mol. The molecule has 1 N–H and O–H groups in total. The number of hydrogen-bond acceptors (Lipinski definition) is 4. The first-order valence-corrected chi connectivity index (χ1v) is 9.45. The summed E-state index contributed by atoms with van der Waals surface area (Å²) in [6.45, 7) is 0.699. The molecule has 0 radical (unpaired) electrons. The number of nitrogens with zero attached hydrogens (tertiary/aromatic N) is 4. The Morgan fingerprint density at radius 1 is 1.25 bits per heavy atom. The Bertz CT molecular complexity index is 1010. The Hall–Kier alpha value is -2.84. The van der Waals surface area contributed by atoms with Gasteiger partial charge in [0, 0.05) is 25.4 Å². The highest BCUT2D eigenvalue weighted by molar-refractivity contribution is 5.92. The second-order valence-electron chi connectivity index (χ2n) is 7.66. The summed E-state index contributed by atoms with van der Waals surface area (Å²) in [5.74, 6) is -4.18. The lowest BCUT2D eigenvalue weighted by molar-refractivity contribution is -0.134. The lowest BCUT2D eigenvalue weighted by Crippen LogP contribution is -2.37. The molecule has 2 aromatic rings. The number of aromatic nitrogens is 3. The van der Waals surface area contributed by atoms with E-state index in [9.17, 15) is 18.4 Å². The van der Waals surface area contributed by atoms with E-state index >= 15 is 0 Å². The quantitative estimate of drug-likeness (QED) is 0.873. The van der Waals surface area contributed by atoms with Gasteiger partial charge in [-0.2, -0.15) is 4.98 Å². The number of rotatable bonds is 4. The fourth-order valence-electron chi connectivity index (χ4n) is 3.56. The van der Waals surface area contributed by atoms with E-state index in [1.807, 2.05) is 18.2 Å². The molecule has 2 aromatic heterocycles. The van der Waals surface area contributed by atoms with E-state index in [-0.39, 0.29) is 24.2 Å². The van der Waals surface area contributed by atoms with E-state index in [0.29, 0.717) is 25.2 Å². The van der Waals surface area contributed by atoms with Gasteiger partial charge < -0.3 is 4.90 Å². The number of anilines is 1. The van der Waals surface area contributed by atoms with Crippen molar-refractivity contribution in [1.29, 1.82) is 0 Å². The minimum Gasteiger partial charge on any atom is -0.338 e. The van der Waals surface area contributed by atoms with Crippen molar-refractivity contribution in [2.45, 2.75) is 31.6 Å². The van der Waals surface area contributed by atoms with Crippen molar-refractivity contribution >= 4 is 29.0 Å². The molecule has 0 saturated heterocycles. The smallest absolute Gasteiger partial charge is 0.260 e. The maximum Gasteiger partial charge on any atom is 0.260 e. The number of amides is 2. The van der Waals surface area contributed by atoms with Crippen molar-refractivity contribution in [1.82, 2.24) is 19.5 Å². The molecule has 3 heterocycles. The molecule has 2 fully saturated rings. The van der Waals surface area contributed by atoms with Crippen LogP contribution in [-0.4, -0.2) is 50.3 Å². The van der Waals surface area contributed by atoms with Gasteiger partial charge in [-0.25, -0.2) is 13.3 Å². The van der Waals surface area contributed by atoms with Crippen LogP contribution in [0, 0.1) is 11.8 Å². The molecule has 5 rings (SSSR count). The summed E-state index contributed by atoms with van der Waals surface area (Å²) in [6, 6.07) is 5.55. The molecule has 9 heteroatoms. The van der Waals surface area contributed by atoms with Crippen LogP contribution in [0.3, 0.4) is 0 Å². The minimum atomic E-state index is -2.84. The Kier molecular flexibility index (Phi) is 3.75. The summed E-state index contributed by atoms with van der Waals surface area (Å²) in [5.41, 5.74) is 2.41. The number of halogens is 2. The lowest BCUT2D eigenvalue weighted by Gasteiger charge is -2.26. The third-order valence-corrected chi connectivity index (χ3v) is 5.52. The number of carbonyl (C=O) groups excluding carboxylic acids is 2. The third-order valence-electron chi connectivity index (χ3n) is 5.52. The predicted octanol–water partition coefficient (Wildman–Crippen LogP) is 2.35. The van der Waals surface area contributed by atoms with Crippen LogP contribution in [0.4, 0.5) is 14.7 Å². The first-order chi connectivity index (χ1) is 13.4. The van der Waals surface area contributed by atoms with E-state index in [0.717, 1.165) is 24.1 Å². The molecule has 1 atom stereocenters. The zero-order chi connectivity index (χ0) is 19.5. The zero-order valence-electron chi connectivity index (χ0n) is 15.1. The number of pyridine rings is 1. The van der Waals surface area contributed by atoms with Crippen LogP contribution in [-0.2, 0) is 9.59 Å². The minimum absolute atomic E-state index is 0.0552. The van der Waals surface area contributed by atoms with Gasteiger partial charge in [0.15, 0.2) is 5.65 Å². The van der Waals surface area contributed by atoms with E-state index in [4.69, 9.17) is 0 Å². The first kappa shape index (κ1) is 17.3. The van der Waals surface area contributed by atoms with Crippen LogP contribution in [0.25, 0.3) is 11.2 Å². The normalized spacial score (nSPS) is 23.4. The van der Waals surface area contributed by atoms with Crippen LogP contribution in [0.15, 0.2) is 24.3 Å². The molecule has 2 amide bonds. The Labute approximate surface area is 159 Å². The van der Waals surface area contributed by atoms with E-state index in [2.05, 4.69) is 15.4 Å². The van der Waals surface area contributed by atoms with Crippen molar-refractivity contribution in [2.24, 2.45) is 11.8 Å². The van der Waals surface area contributed by atoms with Crippen LogP contribution < -0.4 is 5.32 Å². The van der Waals surface area contributed by atoms with Crippen LogP contribution in [0.1, 0.15) is 31.4 Å². The average molecular weight is 387 g/mol. The summed E-state index contributed by atoms with van der Waals surface area (Å²) >= 11 is 0. The van der Waals surface area contributed by atoms with Gasteiger partial charge in [-0.1, -0.05) is 12.1 Å². The molecule has 7 nitrogen and oxygen atoms in total. The topological polar surface area (TPSA) is 79.6 Å². The summed E-state index contributed by atoms with van der Waals surface area (Å²) in [6.07, 6.45) is 3.89. The molecule has 0 aromatic carbocycles. The van der Waals surface area contributed by atoms with E-state index in [1.54, 1.807) is 10.6 Å². The zero-order valence-corrected chi connectivity index (χ0v) is 15.1. The molecule has 2 saturated carbocycles. The third kappa shape index (κ3) is 3.04. The fraction of sp³-hybridized carbons (Fsp3) is 0.474. The van der Waals surface area contributed by atoms with E-state index < -0.39 is 17.7 Å². The van der Waals surface area contributed by atoms with Gasteiger partial charge in [0.05, 0.1) is 5.69 Å². The molecule has 0 bridgehead atoms. The van der Waals surface area contributed by atoms with E-state index in [1.165, 1.54) is 4.90 Å². The highest BCUT2D eigenvalue weighted by Gasteiger charge is 2.62. The summed E-state index contributed by atoms with van der Waals surface area (Å²) < 4.78 is 28.0. The molecule has 0 spiro atoms. The number of nitrogens with one attached hydrogen (secondary N) is 1. The molecule has 3 aliphatic rings. The van der Waals surface area contributed by atoms with Crippen LogP contribution in [0.2, 0.25) is 0 Å². The summed E-state index contributed by atoms with van der Waals surface area (Å²) in [4.78, 5) is 29.9. The van der Waals surface area contributed by atoms with Gasteiger partial charge in [0.25, 0.3) is 5.92 Å². The second-order valence-corrected chi connectivity index (χ2v) is 7.66. The average Bonchev–Trinajstić information content (AvgIpc) is 3.58. The van der Waals surface area contributed by atoms with Crippen molar-refractivity contribution in [3.63, 3.8) is 0 Å². The molecule has 2 aliphatic carbocycles. The maximum atomic E-state index is 13.2. The molecule has 1 unspecified atom stereocenters. The molecular formula is C19H19F2N5O2. The highest BCUT2D eigenvalue weighted by atomic mass is 19.3. The van der Waals surface area contributed by atoms with Gasteiger partial charge in [-0.15, -0.1) is 5.10 Å². The number of fused-ring (bicyclic) bond motifs is 1. The monoisotopic (exact) mass is 387 g/mol. The summed E-state index contributed by atoms with van der Waals surface area (Å²) in [5, 5.41) is 7.15. The standard InChI is InChI=1S/C19H19F2N5O2/c20-19(21)10-13(19)17(28)25-8-6-11(7-9-25)14-2-1-3-15-22-18(24-26(14)15)23-16(27)12-4-5-12/h1-3,6,12-13H,4-5,7-10H2,(H,23,24,27). The Morgan fingerprint density at radius 2 is 2.04 bits per heavy atom. The van der Waals surface area contributed by atoms with Gasteiger partial charge in [-0.05, 0) is 37.0 Å². The molecular weight excluding hydrogens is 368 g/mol.